The van der Waals surface area contributed by atoms with Gasteiger partial charge in [0.05, 0.1) is 17.9 Å². The average Bonchev–Trinajstić information content (AvgIpc) is 2.93. The maximum atomic E-state index is 13.6. The molecule has 0 bridgehead atoms. The van der Waals surface area contributed by atoms with E-state index in [1.54, 1.807) is 6.20 Å². The van der Waals surface area contributed by atoms with E-state index in [2.05, 4.69) is 15.1 Å². The van der Waals surface area contributed by atoms with Gasteiger partial charge in [0.1, 0.15) is 22.9 Å². The van der Waals surface area contributed by atoms with E-state index in [0.29, 0.717) is 17.3 Å². The van der Waals surface area contributed by atoms with Gasteiger partial charge in [-0.1, -0.05) is 36.8 Å². The van der Waals surface area contributed by atoms with E-state index in [4.69, 9.17) is 5.21 Å². The summed E-state index contributed by atoms with van der Waals surface area (Å²) >= 11 is 1.21. The number of oxime groups is 1. The molecule has 2 aromatic heterocycles. The van der Waals surface area contributed by atoms with Gasteiger partial charge < -0.3 is 9.77 Å². The molecule has 3 aromatic rings. The van der Waals surface area contributed by atoms with Gasteiger partial charge in [0.2, 0.25) is 0 Å². The van der Waals surface area contributed by atoms with E-state index in [1.165, 1.54) is 30.1 Å². The van der Waals surface area contributed by atoms with Crippen molar-refractivity contribution in [3.8, 4) is 0 Å². The molecule has 0 aliphatic carbocycles. The fourth-order valence-electron chi connectivity index (χ4n) is 2.61. The number of halogens is 2. The molecule has 2 heterocycles. The van der Waals surface area contributed by atoms with Gasteiger partial charge in [-0.15, -0.1) is 0 Å². The van der Waals surface area contributed by atoms with Gasteiger partial charge in [-0.25, -0.2) is 13.8 Å². The monoisotopic (exact) mass is 388 g/mol. The summed E-state index contributed by atoms with van der Waals surface area (Å²) in [5.41, 5.74) is 1.53. The normalized spacial score (nSPS) is 11.6. The van der Waals surface area contributed by atoms with Gasteiger partial charge in [-0.3, -0.25) is 4.98 Å². The number of nitrogens with zero attached hydrogens (tertiary/aromatic N) is 4. The molecule has 140 valence electrons. The zero-order valence-electron chi connectivity index (χ0n) is 14.8. The molecule has 1 aromatic carbocycles. The Kier molecular flexibility index (Phi) is 5.85. The highest BCUT2D eigenvalue weighted by atomic mass is 32.2. The second-order valence-electron chi connectivity index (χ2n) is 6.17. The Morgan fingerprint density at radius 3 is 2.56 bits per heavy atom. The minimum Gasteiger partial charge on any atom is -0.411 e. The summed E-state index contributed by atoms with van der Waals surface area (Å²) in [6, 6.07) is 8.94. The fourth-order valence-corrected chi connectivity index (χ4v) is 3.83. The maximum Gasteiger partial charge on any atom is 0.156 e. The zero-order valence-corrected chi connectivity index (χ0v) is 15.6. The summed E-state index contributed by atoms with van der Waals surface area (Å²) in [6.45, 7) is 4.33. The summed E-state index contributed by atoms with van der Waals surface area (Å²) < 4.78 is 29.1. The van der Waals surface area contributed by atoms with Gasteiger partial charge in [0.25, 0.3) is 0 Å². The predicted octanol–water partition coefficient (Wildman–Crippen LogP) is 4.69. The van der Waals surface area contributed by atoms with Gasteiger partial charge in [-0.2, -0.15) is 0 Å². The molecule has 0 atom stereocenters. The molecule has 0 radical (unpaired) electrons. The topological polar surface area (TPSA) is 63.3 Å². The first kappa shape index (κ1) is 19.0. The first-order valence-electron chi connectivity index (χ1n) is 8.29. The van der Waals surface area contributed by atoms with Crippen LogP contribution in [0.5, 0.6) is 0 Å². The van der Waals surface area contributed by atoms with Crippen molar-refractivity contribution in [1.82, 2.24) is 14.5 Å². The van der Waals surface area contributed by atoms with Crippen LogP contribution in [0.1, 0.15) is 37.0 Å². The van der Waals surface area contributed by atoms with Crippen molar-refractivity contribution < 1.29 is 14.0 Å². The molecule has 0 fully saturated rings. The third kappa shape index (κ3) is 4.51. The van der Waals surface area contributed by atoms with Crippen molar-refractivity contribution in [3.63, 3.8) is 0 Å². The van der Waals surface area contributed by atoms with E-state index in [0.717, 1.165) is 22.5 Å². The molecule has 0 amide bonds. The minimum atomic E-state index is -0.642. The van der Waals surface area contributed by atoms with Crippen LogP contribution in [0.25, 0.3) is 0 Å². The Labute approximate surface area is 159 Å². The maximum absolute atomic E-state index is 13.6. The third-order valence-corrected chi connectivity index (χ3v) is 4.89. The average molecular weight is 388 g/mol. The Bertz CT molecular complexity index is 938. The Morgan fingerprint density at radius 1 is 1.22 bits per heavy atom. The molecule has 0 saturated heterocycles. The number of hydrogen-bond donors (Lipinski definition) is 1. The zero-order chi connectivity index (χ0) is 19.4. The van der Waals surface area contributed by atoms with Crippen LogP contribution < -0.4 is 0 Å². The first-order chi connectivity index (χ1) is 13.0. The lowest BCUT2D eigenvalue weighted by molar-refractivity contribution is 0.321. The lowest BCUT2D eigenvalue weighted by Gasteiger charge is -2.12. The van der Waals surface area contributed by atoms with Crippen LogP contribution in [0.4, 0.5) is 8.78 Å². The second-order valence-corrected chi connectivity index (χ2v) is 7.24. The van der Waals surface area contributed by atoms with Crippen molar-refractivity contribution >= 4 is 18.0 Å². The first-order valence-corrected chi connectivity index (χ1v) is 9.11. The number of hydrogen-bond acceptors (Lipinski definition) is 5. The van der Waals surface area contributed by atoms with Crippen molar-refractivity contribution in [2.75, 3.05) is 0 Å². The van der Waals surface area contributed by atoms with E-state index in [9.17, 15) is 8.78 Å². The van der Waals surface area contributed by atoms with Gasteiger partial charge >= 0.3 is 0 Å². The number of aromatic nitrogens is 3. The molecule has 0 spiro atoms. The third-order valence-electron chi connectivity index (χ3n) is 3.79. The fraction of sp³-hybridized carbons (Fsp3) is 0.211. The SMILES string of the molecule is CC(C)c1nc(C=NO)n(Cc2ccccn2)c1Sc1cc(F)cc(F)c1. The molecule has 0 unspecified atom stereocenters. The molecular formula is C19H18F2N4OS. The molecule has 8 heteroatoms. The molecule has 0 aliphatic rings. The van der Waals surface area contributed by atoms with E-state index < -0.39 is 11.6 Å². The highest BCUT2D eigenvalue weighted by Crippen LogP contribution is 2.35. The Morgan fingerprint density at radius 2 is 1.96 bits per heavy atom. The summed E-state index contributed by atoms with van der Waals surface area (Å²) in [7, 11) is 0. The van der Waals surface area contributed by atoms with Crippen molar-refractivity contribution in [3.05, 3.63) is 71.4 Å². The lowest BCUT2D eigenvalue weighted by Crippen LogP contribution is -2.07. The highest BCUT2D eigenvalue weighted by molar-refractivity contribution is 7.99. The van der Waals surface area contributed by atoms with Gasteiger partial charge in [0, 0.05) is 17.2 Å². The van der Waals surface area contributed by atoms with Crippen LogP contribution in [0.3, 0.4) is 0 Å². The standard InChI is InChI=1S/C19H18F2N4OS/c1-12(2)18-19(27-16-8-13(20)7-14(21)9-16)25(17(24-18)10-23-26)11-15-5-3-4-6-22-15/h3-10,12,26H,11H2,1-2H3. The van der Waals surface area contributed by atoms with E-state index in [1.807, 2.05) is 36.6 Å². The number of pyridine rings is 1. The lowest BCUT2D eigenvalue weighted by atomic mass is 10.1. The van der Waals surface area contributed by atoms with Crippen molar-refractivity contribution in [2.45, 2.75) is 36.2 Å². The Hall–Kier alpha value is -2.74. The van der Waals surface area contributed by atoms with Gasteiger partial charge in [-0.05, 0) is 30.2 Å². The summed E-state index contributed by atoms with van der Waals surface area (Å²) in [6.07, 6.45) is 2.93. The molecule has 3 rings (SSSR count). The quantitative estimate of drug-likeness (QED) is 0.378. The smallest absolute Gasteiger partial charge is 0.156 e. The highest BCUT2D eigenvalue weighted by Gasteiger charge is 2.21. The van der Waals surface area contributed by atoms with Crippen LogP contribution >= 0.6 is 11.8 Å². The van der Waals surface area contributed by atoms with Crippen molar-refractivity contribution in [2.24, 2.45) is 5.16 Å². The summed E-state index contributed by atoms with van der Waals surface area (Å²) in [5.74, 6) is -0.791. The Balaban J connectivity index is 2.10. The van der Waals surface area contributed by atoms with Crippen LogP contribution in [0.15, 0.2) is 57.7 Å². The molecule has 5 nitrogen and oxygen atoms in total. The van der Waals surface area contributed by atoms with Crippen LogP contribution in [-0.4, -0.2) is 26.0 Å². The summed E-state index contributed by atoms with van der Waals surface area (Å²) in [4.78, 5) is 9.30. The van der Waals surface area contributed by atoms with Gasteiger partial charge in [0.15, 0.2) is 5.82 Å². The largest absolute Gasteiger partial charge is 0.411 e. The molecule has 0 aliphatic heterocycles. The van der Waals surface area contributed by atoms with E-state index in [-0.39, 0.29) is 5.92 Å². The van der Waals surface area contributed by atoms with E-state index >= 15 is 0 Å². The summed E-state index contributed by atoms with van der Waals surface area (Å²) in [5, 5.41) is 12.8. The molecule has 0 saturated carbocycles. The second kappa shape index (κ2) is 8.30. The number of benzene rings is 1. The van der Waals surface area contributed by atoms with Crippen LogP contribution in [0, 0.1) is 11.6 Å². The number of rotatable bonds is 6. The molecular weight excluding hydrogens is 370 g/mol. The van der Waals surface area contributed by atoms with Crippen LogP contribution in [-0.2, 0) is 6.54 Å². The predicted molar refractivity (Wildman–Crippen MR) is 99.5 cm³/mol. The minimum absolute atomic E-state index is 0.0572. The molecule has 27 heavy (non-hydrogen) atoms. The number of imidazole rings is 1. The molecule has 1 N–H and O–H groups in total. The van der Waals surface area contributed by atoms with Crippen LogP contribution in [0.2, 0.25) is 0 Å². The van der Waals surface area contributed by atoms with Crippen molar-refractivity contribution in [1.29, 1.82) is 0 Å².